The smallest absolute Gasteiger partial charge is 0.264 e. The highest BCUT2D eigenvalue weighted by molar-refractivity contribution is 7.13. The second kappa shape index (κ2) is 6.78. The third-order valence-corrected chi connectivity index (χ3v) is 4.89. The van der Waals surface area contributed by atoms with Gasteiger partial charge in [-0.05, 0) is 27.2 Å². The van der Waals surface area contributed by atoms with Crippen LogP contribution >= 0.6 is 11.3 Å². The summed E-state index contributed by atoms with van der Waals surface area (Å²) in [5.41, 5.74) is 0.0489. The van der Waals surface area contributed by atoms with Crippen molar-refractivity contribution in [2.75, 3.05) is 0 Å². The Hall–Kier alpha value is -1.76. The Bertz CT molecular complexity index is 688. The van der Waals surface area contributed by atoms with Crippen molar-refractivity contribution >= 4 is 17.2 Å². The summed E-state index contributed by atoms with van der Waals surface area (Å²) in [6.45, 7) is 11.8. The summed E-state index contributed by atoms with van der Waals surface area (Å²) < 4.78 is 5.22. The number of amides is 1. The maximum Gasteiger partial charge on any atom is 0.264 e. The molecule has 0 aliphatic carbocycles. The van der Waals surface area contributed by atoms with Gasteiger partial charge in [-0.25, -0.2) is 4.98 Å². The number of nitrogens with one attached hydrogen (secondary N) is 1. The van der Waals surface area contributed by atoms with E-state index < -0.39 is 5.54 Å². The van der Waals surface area contributed by atoms with Crippen LogP contribution in [-0.2, 0) is 12.0 Å². The number of carbonyl (C=O) groups excluding carboxylic acids is 1. The Morgan fingerprint density at radius 3 is 2.61 bits per heavy atom. The van der Waals surface area contributed by atoms with Gasteiger partial charge < -0.3 is 9.84 Å². The number of nitrogens with zero attached hydrogens (tertiary/aromatic N) is 3. The van der Waals surface area contributed by atoms with Gasteiger partial charge in [-0.2, -0.15) is 4.98 Å². The number of aromatic nitrogens is 3. The standard InChI is InChI=1S/C16H24N4O2S/c1-7-8-11-18-15(20-22-11)16(5,6)19-13(21)12-10(4)17-14(23-12)9(2)3/h9H,7-8H2,1-6H3,(H,19,21). The van der Waals surface area contributed by atoms with Crippen molar-refractivity contribution in [1.29, 1.82) is 0 Å². The lowest BCUT2D eigenvalue weighted by Crippen LogP contribution is -2.41. The van der Waals surface area contributed by atoms with Gasteiger partial charge in [0.2, 0.25) is 5.89 Å². The van der Waals surface area contributed by atoms with Crippen LogP contribution in [0, 0.1) is 6.92 Å². The Balaban J connectivity index is 2.17. The van der Waals surface area contributed by atoms with Gasteiger partial charge in [0, 0.05) is 12.3 Å². The molecule has 0 aliphatic rings. The highest BCUT2D eigenvalue weighted by Gasteiger charge is 2.30. The average molecular weight is 336 g/mol. The lowest BCUT2D eigenvalue weighted by Gasteiger charge is -2.21. The lowest BCUT2D eigenvalue weighted by atomic mass is 10.0. The summed E-state index contributed by atoms with van der Waals surface area (Å²) in [4.78, 5) is 22.1. The first-order chi connectivity index (χ1) is 10.7. The number of hydrogen-bond donors (Lipinski definition) is 1. The Labute approximate surface area is 140 Å². The van der Waals surface area contributed by atoms with Crippen molar-refractivity contribution in [1.82, 2.24) is 20.4 Å². The lowest BCUT2D eigenvalue weighted by molar-refractivity contribution is 0.0911. The molecular weight excluding hydrogens is 312 g/mol. The van der Waals surface area contributed by atoms with Gasteiger partial charge in [-0.1, -0.05) is 25.9 Å². The van der Waals surface area contributed by atoms with Crippen LogP contribution < -0.4 is 5.32 Å². The fraction of sp³-hybridized carbons (Fsp3) is 0.625. The molecule has 2 heterocycles. The molecule has 0 aliphatic heterocycles. The molecule has 7 heteroatoms. The van der Waals surface area contributed by atoms with Crippen LogP contribution in [0.5, 0.6) is 0 Å². The second-order valence-corrected chi connectivity index (χ2v) is 7.49. The largest absolute Gasteiger partial charge is 0.339 e. The van der Waals surface area contributed by atoms with E-state index in [0.29, 0.717) is 22.5 Å². The minimum Gasteiger partial charge on any atom is -0.339 e. The number of carbonyl (C=O) groups is 1. The number of hydrogen-bond acceptors (Lipinski definition) is 6. The molecule has 2 aromatic heterocycles. The van der Waals surface area contributed by atoms with E-state index in [4.69, 9.17) is 4.52 Å². The van der Waals surface area contributed by atoms with E-state index in [1.54, 1.807) is 0 Å². The van der Waals surface area contributed by atoms with Gasteiger partial charge in [-0.3, -0.25) is 4.79 Å². The van der Waals surface area contributed by atoms with Gasteiger partial charge in [0.1, 0.15) is 4.88 Å². The highest BCUT2D eigenvalue weighted by atomic mass is 32.1. The van der Waals surface area contributed by atoms with Crippen LogP contribution in [0.4, 0.5) is 0 Å². The fourth-order valence-electron chi connectivity index (χ4n) is 2.10. The molecule has 2 aromatic rings. The van der Waals surface area contributed by atoms with Crippen molar-refractivity contribution in [3.05, 3.63) is 27.3 Å². The zero-order chi connectivity index (χ0) is 17.2. The van der Waals surface area contributed by atoms with Crippen molar-refractivity contribution in [3.63, 3.8) is 0 Å². The molecule has 0 spiro atoms. The maximum absolute atomic E-state index is 12.6. The summed E-state index contributed by atoms with van der Waals surface area (Å²) in [5, 5.41) is 7.95. The zero-order valence-corrected chi connectivity index (χ0v) is 15.4. The first-order valence-electron chi connectivity index (χ1n) is 7.87. The molecule has 0 saturated heterocycles. The van der Waals surface area contributed by atoms with E-state index in [0.717, 1.165) is 23.5 Å². The van der Waals surface area contributed by atoms with Crippen LogP contribution in [-0.4, -0.2) is 21.0 Å². The fourth-order valence-corrected chi connectivity index (χ4v) is 3.06. The number of rotatable bonds is 6. The molecule has 1 amide bonds. The van der Waals surface area contributed by atoms with E-state index in [1.165, 1.54) is 11.3 Å². The first-order valence-corrected chi connectivity index (χ1v) is 8.69. The second-order valence-electron chi connectivity index (χ2n) is 6.46. The summed E-state index contributed by atoms with van der Waals surface area (Å²) >= 11 is 1.44. The molecule has 0 fully saturated rings. The molecule has 6 nitrogen and oxygen atoms in total. The molecule has 0 unspecified atom stereocenters. The van der Waals surface area contributed by atoms with Crippen molar-refractivity contribution in [2.24, 2.45) is 0 Å². The summed E-state index contributed by atoms with van der Waals surface area (Å²) in [7, 11) is 0. The number of aryl methyl sites for hydroxylation is 2. The quantitative estimate of drug-likeness (QED) is 0.872. The van der Waals surface area contributed by atoms with E-state index >= 15 is 0 Å². The van der Waals surface area contributed by atoms with Gasteiger partial charge >= 0.3 is 0 Å². The van der Waals surface area contributed by atoms with Crippen LogP contribution in [0.2, 0.25) is 0 Å². The Kier molecular flexibility index (Phi) is 5.19. The van der Waals surface area contributed by atoms with Crippen molar-refractivity contribution < 1.29 is 9.32 Å². The van der Waals surface area contributed by atoms with E-state index in [-0.39, 0.29) is 5.91 Å². The molecule has 23 heavy (non-hydrogen) atoms. The first kappa shape index (κ1) is 17.6. The minimum absolute atomic E-state index is 0.154. The van der Waals surface area contributed by atoms with Crippen LogP contribution in [0.15, 0.2) is 4.52 Å². The molecule has 0 atom stereocenters. The zero-order valence-electron chi connectivity index (χ0n) is 14.6. The van der Waals surface area contributed by atoms with Crippen LogP contribution in [0.3, 0.4) is 0 Å². The average Bonchev–Trinajstić information content (AvgIpc) is 3.05. The molecule has 0 saturated carbocycles. The molecule has 126 valence electrons. The summed E-state index contributed by atoms with van der Waals surface area (Å²) in [5.74, 6) is 1.24. The van der Waals surface area contributed by atoms with Crippen molar-refractivity contribution in [3.8, 4) is 0 Å². The topological polar surface area (TPSA) is 80.9 Å². The Morgan fingerprint density at radius 2 is 2.04 bits per heavy atom. The molecule has 0 radical (unpaired) electrons. The van der Waals surface area contributed by atoms with Gasteiger partial charge in [0.15, 0.2) is 5.82 Å². The predicted molar refractivity (Wildman–Crippen MR) is 89.7 cm³/mol. The highest BCUT2D eigenvalue weighted by Crippen LogP contribution is 2.26. The van der Waals surface area contributed by atoms with E-state index in [9.17, 15) is 4.79 Å². The normalized spacial score (nSPS) is 12.0. The van der Waals surface area contributed by atoms with Crippen LogP contribution in [0.1, 0.15) is 79.0 Å². The molecule has 2 rings (SSSR count). The van der Waals surface area contributed by atoms with Crippen LogP contribution in [0.25, 0.3) is 0 Å². The molecule has 0 bridgehead atoms. The molecular formula is C16H24N4O2S. The summed E-state index contributed by atoms with van der Waals surface area (Å²) in [6.07, 6.45) is 1.68. The number of thiazole rings is 1. The Morgan fingerprint density at radius 1 is 1.35 bits per heavy atom. The summed E-state index contributed by atoms with van der Waals surface area (Å²) in [6, 6.07) is 0. The monoisotopic (exact) mass is 336 g/mol. The predicted octanol–water partition coefficient (Wildman–Crippen LogP) is 3.58. The van der Waals surface area contributed by atoms with Crippen molar-refractivity contribution in [2.45, 2.75) is 65.8 Å². The van der Waals surface area contributed by atoms with E-state index in [2.05, 4.69) is 41.2 Å². The van der Waals surface area contributed by atoms with Gasteiger partial charge in [-0.15, -0.1) is 11.3 Å². The van der Waals surface area contributed by atoms with Gasteiger partial charge in [0.05, 0.1) is 16.2 Å². The third-order valence-electron chi connectivity index (χ3n) is 3.43. The van der Waals surface area contributed by atoms with E-state index in [1.807, 2.05) is 20.8 Å². The molecule has 0 aromatic carbocycles. The minimum atomic E-state index is -0.707. The van der Waals surface area contributed by atoms with Gasteiger partial charge in [0.25, 0.3) is 5.91 Å². The SMILES string of the molecule is CCCc1nc(C(C)(C)NC(=O)c2sc(C(C)C)nc2C)no1. The molecule has 1 N–H and O–H groups in total. The third kappa shape index (κ3) is 3.96. The maximum atomic E-state index is 12.6.